The molecule has 10 nitrogen and oxygen atoms in total. The van der Waals surface area contributed by atoms with Gasteiger partial charge < -0.3 is 19.3 Å². The van der Waals surface area contributed by atoms with Crippen LogP contribution in [-0.4, -0.2) is 77.2 Å². The number of cyclic esters (lactones) is 1. The first kappa shape index (κ1) is 36.4. The zero-order chi connectivity index (χ0) is 33.9. The topological polar surface area (TPSA) is 112 Å². The average molecular weight is 681 g/mol. The van der Waals surface area contributed by atoms with E-state index in [0.717, 1.165) is 17.3 Å². The van der Waals surface area contributed by atoms with Gasteiger partial charge in [-0.05, 0) is 72.9 Å². The van der Waals surface area contributed by atoms with Gasteiger partial charge in [0, 0.05) is 44.4 Å². The van der Waals surface area contributed by atoms with Crippen LogP contribution in [0, 0.1) is 5.92 Å². The van der Waals surface area contributed by atoms with E-state index in [1.54, 1.807) is 24.3 Å². The maximum Gasteiger partial charge on any atom is 0.415 e. The van der Waals surface area contributed by atoms with Crippen molar-refractivity contribution >= 4 is 50.2 Å². The van der Waals surface area contributed by atoms with E-state index in [9.17, 15) is 19.5 Å². The van der Waals surface area contributed by atoms with Gasteiger partial charge in [-0.25, -0.2) is 9.80 Å². The molecule has 0 aliphatic carbocycles. The Bertz CT molecular complexity index is 1480. The molecule has 3 aromatic carbocycles. The predicted octanol–water partition coefficient (Wildman–Crippen LogP) is 5.03. The molecule has 0 radical (unpaired) electrons. The Labute approximate surface area is 284 Å². The van der Waals surface area contributed by atoms with E-state index in [1.165, 1.54) is 24.1 Å². The van der Waals surface area contributed by atoms with Crippen LogP contribution in [0.25, 0.3) is 0 Å². The Hall–Kier alpha value is -3.47. The number of aliphatic hydroxyl groups is 1. The van der Waals surface area contributed by atoms with Crippen molar-refractivity contribution < 1.29 is 28.4 Å². The van der Waals surface area contributed by atoms with Crippen LogP contribution in [0.1, 0.15) is 49.5 Å². The van der Waals surface area contributed by atoms with Crippen LogP contribution in [-0.2, 0) is 16.0 Å². The number of benzene rings is 3. The minimum absolute atomic E-state index is 0.0648. The first-order valence-corrected chi connectivity index (χ1v) is 17.1. The van der Waals surface area contributed by atoms with Crippen LogP contribution < -0.4 is 19.7 Å². The van der Waals surface area contributed by atoms with Gasteiger partial charge in [0.1, 0.15) is 5.75 Å². The summed E-state index contributed by atoms with van der Waals surface area (Å²) in [5.41, 5.74) is 2.09. The maximum absolute atomic E-state index is 13.5. The number of hydrogen-bond acceptors (Lipinski definition) is 9. The molecule has 4 rings (SSSR count). The molecule has 4 unspecified atom stereocenters. The fourth-order valence-electron chi connectivity index (χ4n) is 5.11. The van der Waals surface area contributed by atoms with Gasteiger partial charge in [-0.15, -0.1) is 9.24 Å². The molecule has 0 spiro atoms. The minimum Gasteiger partial charge on any atom is -0.436 e. The zero-order valence-corrected chi connectivity index (χ0v) is 29.3. The largest absolute Gasteiger partial charge is 0.436 e. The van der Waals surface area contributed by atoms with Crippen molar-refractivity contribution in [3.8, 4) is 5.75 Å². The van der Waals surface area contributed by atoms with Crippen LogP contribution in [0.2, 0.25) is 0 Å². The highest BCUT2D eigenvalue weighted by molar-refractivity contribution is 7.92. The van der Waals surface area contributed by atoms with E-state index in [2.05, 4.69) is 28.4 Å². The molecule has 1 aliphatic rings. The number of rotatable bonds is 16. The minimum atomic E-state index is -1.00. The molecule has 1 heterocycles. The summed E-state index contributed by atoms with van der Waals surface area (Å²) in [7, 11) is 4.54. The summed E-state index contributed by atoms with van der Waals surface area (Å²) < 4.78 is 13.4. The highest BCUT2D eigenvalue weighted by Gasteiger charge is 2.35. The first-order chi connectivity index (χ1) is 22.5. The fourth-order valence-corrected chi connectivity index (χ4v) is 5.93. The lowest BCUT2D eigenvalue weighted by Crippen LogP contribution is -2.55. The summed E-state index contributed by atoms with van der Waals surface area (Å²) in [6, 6.07) is 23.4. The molecule has 1 saturated heterocycles. The predicted molar refractivity (Wildman–Crippen MR) is 190 cm³/mol. The van der Waals surface area contributed by atoms with Crippen LogP contribution in [0.15, 0.2) is 78.9 Å². The molecule has 0 bridgehead atoms. The zero-order valence-electron chi connectivity index (χ0n) is 27.4. The van der Waals surface area contributed by atoms with Gasteiger partial charge in [0.2, 0.25) is 0 Å². The van der Waals surface area contributed by atoms with Crippen LogP contribution in [0.3, 0.4) is 0 Å². The first-order valence-electron chi connectivity index (χ1n) is 15.8. The van der Waals surface area contributed by atoms with Crippen molar-refractivity contribution in [3.05, 3.63) is 90.0 Å². The van der Waals surface area contributed by atoms with Gasteiger partial charge in [0.25, 0.3) is 5.91 Å². The number of nitrogens with zero attached hydrogens (tertiary/aromatic N) is 3. The molecule has 2 amide bonds. The van der Waals surface area contributed by atoms with E-state index in [1.807, 2.05) is 71.1 Å². The van der Waals surface area contributed by atoms with E-state index < -0.39 is 30.3 Å². The second-order valence-electron chi connectivity index (χ2n) is 12.1. The SMILES string of the molecule is CC(=O)c1ccc(N2CCC(C(=O)NC(Cc3ccccc3)C(O)CN(CCC(C)C)N(C)SOc3cccc(P)c3)OC2=O)cc1. The molecule has 252 valence electrons. The van der Waals surface area contributed by atoms with Gasteiger partial charge in [-0.1, -0.05) is 56.3 Å². The molecule has 47 heavy (non-hydrogen) atoms. The Morgan fingerprint density at radius 2 is 1.83 bits per heavy atom. The molecule has 1 fully saturated rings. The molecule has 1 aliphatic heterocycles. The second kappa shape index (κ2) is 17.6. The number of carbonyl (C=O) groups excluding carboxylic acids is 3. The summed E-state index contributed by atoms with van der Waals surface area (Å²) in [5.74, 6) is 0.629. The Kier molecular flexibility index (Phi) is 13.6. The summed E-state index contributed by atoms with van der Waals surface area (Å²) in [5, 5.41) is 17.7. The van der Waals surface area contributed by atoms with E-state index in [0.29, 0.717) is 35.9 Å². The van der Waals surface area contributed by atoms with Crippen LogP contribution in [0.4, 0.5) is 10.5 Å². The number of nitrogens with one attached hydrogen (secondary N) is 1. The molecule has 2 N–H and O–H groups in total. The van der Waals surface area contributed by atoms with Gasteiger partial charge in [-0.2, -0.15) is 4.41 Å². The van der Waals surface area contributed by atoms with Gasteiger partial charge in [-0.3, -0.25) is 14.5 Å². The summed E-state index contributed by atoms with van der Waals surface area (Å²) in [6.07, 6.45) is -1.06. The van der Waals surface area contributed by atoms with Crippen molar-refractivity contribution in [2.24, 2.45) is 5.92 Å². The highest BCUT2D eigenvalue weighted by atomic mass is 32.2. The molecule has 3 aromatic rings. The monoisotopic (exact) mass is 680 g/mol. The van der Waals surface area contributed by atoms with E-state index in [-0.39, 0.29) is 25.3 Å². The third-order valence-corrected chi connectivity index (χ3v) is 8.98. The van der Waals surface area contributed by atoms with E-state index in [4.69, 9.17) is 8.92 Å². The molecule has 12 heteroatoms. The number of amides is 2. The summed E-state index contributed by atoms with van der Waals surface area (Å²) >= 11 is 1.17. The number of anilines is 1. The number of hydrazine groups is 1. The third-order valence-electron chi connectivity index (χ3n) is 7.91. The van der Waals surface area contributed by atoms with Crippen molar-refractivity contribution in [2.75, 3.05) is 31.6 Å². The molecular weight excluding hydrogens is 635 g/mol. The molecule has 4 atom stereocenters. The van der Waals surface area contributed by atoms with Crippen molar-refractivity contribution in [1.29, 1.82) is 0 Å². The molecule has 0 aromatic heterocycles. The van der Waals surface area contributed by atoms with Crippen LogP contribution in [0.5, 0.6) is 5.75 Å². The lowest BCUT2D eigenvalue weighted by atomic mass is 10.00. The number of ether oxygens (including phenoxy) is 1. The third kappa shape index (κ3) is 11.0. The quantitative estimate of drug-likeness (QED) is 0.0708. The fraction of sp³-hybridized carbons (Fsp3) is 0.400. The summed E-state index contributed by atoms with van der Waals surface area (Å²) in [6.45, 7) is 6.95. The lowest BCUT2D eigenvalue weighted by molar-refractivity contribution is -0.132. The van der Waals surface area contributed by atoms with Crippen LogP contribution >= 0.6 is 21.5 Å². The van der Waals surface area contributed by atoms with Crippen molar-refractivity contribution in [2.45, 2.75) is 58.3 Å². The number of ketones is 1. The van der Waals surface area contributed by atoms with Gasteiger partial charge >= 0.3 is 6.09 Å². The average Bonchev–Trinajstić information content (AvgIpc) is 3.05. The smallest absolute Gasteiger partial charge is 0.415 e. The number of carbonyl (C=O) groups is 3. The Morgan fingerprint density at radius 1 is 1.11 bits per heavy atom. The highest BCUT2D eigenvalue weighted by Crippen LogP contribution is 2.24. The Balaban J connectivity index is 1.43. The maximum atomic E-state index is 13.5. The number of hydrogen-bond donors (Lipinski definition) is 2. The molecule has 0 saturated carbocycles. The lowest BCUT2D eigenvalue weighted by Gasteiger charge is -2.35. The number of Topliss-reactive ketones (excluding diaryl/α,β-unsaturated/α-hetero) is 1. The summed E-state index contributed by atoms with van der Waals surface area (Å²) in [4.78, 5) is 39.6. The van der Waals surface area contributed by atoms with Gasteiger partial charge in [0.15, 0.2) is 24.1 Å². The van der Waals surface area contributed by atoms with Crippen molar-refractivity contribution in [1.82, 2.24) is 14.7 Å². The normalized spacial score (nSPS) is 16.2. The second-order valence-corrected chi connectivity index (χ2v) is 13.6. The van der Waals surface area contributed by atoms with Gasteiger partial charge in [0.05, 0.1) is 12.1 Å². The Morgan fingerprint density at radius 3 is 2.47 bits per heavy atom. The standard InChI is InChI=1S/C35H45N4O6PS/c1-24(2)17-19-38(37(4)47-45-29-11-8-12-30(46)22-29)23-32(41)31(21-26-9-6-5-7-10-26)36-34(42)33-18-20-39(35(43)44-33)28-15-13-27(14-16-28)25(3)40/h5-16,22,24,31-33,41H,17-21,23,46H2,1-4H3,(H,36,42). The number of aliphatic hydroxyl groups excluding tert-OH is 1. The van der Waals surface area contributed by atoms with Crippen molar-refractivity contribution in [3.63, 3.8) is 0 Å². The van der Waals surface area contributed by atoms with E-state index >= 15 is 0 Å². The molecular formula is C35H45N4O6PS.